The minimum Gasteiger partial charge on any atom is -0.380 e. The molecule has 3 rings (SSSR count). The maximum absolute atomic E-state index is 5.71. The van der Waals surface area contributed by atoms with Crippen LogP contribution in [0.3, 0.4) is 0 Å². The van der Waals surface area contributed by atoms with Gasteiger partial charge in [-0.1, -0.05) is 0 Å². The van der Waals surface area contributed by atoms with Crippen LogP contribution < -0.4 is 0 Å². The van der Waals surface area contributed by atoms with Crippen molar-refractivity contribution in [3.63, 3.8) is 0 Å². The molecule has 3 saturated heterocycles. The monoisotopic (exact) mass is 213 g/mol. The number of nitrogens with zero attached hydrogens (tertiary/aromatic N) is 1. The first-order valence-electron chi connectivity index (χ1n) is 5.98. The van der Waals surface area contributed by atoms with Crippen LogP contribution in [0.15, 0.2) is 0 Å². The van der Waals surface area contributed by atoms with Crippen LogP contribution in [-0.2, 0) is 14.2 Å². The van der Waals surface area contributed by atoms with Gasteiger partial charge in [0.2, 0.25) is 0 Å². The molecule has 3 aliphatic rings. The molecule has 0 amide bonds. The van der Waals surface area contributed by atoms with Crippen molar-refractivity contribution in [2.75, 3.05) is 39.5 Å². The highest BCUT2D eigenvalue weighted by Gasteiger charge is 2.41. The van der Waals surface area contributed by atoms with E-state index in [0.29, 0.717) is 6.04 Å². The first-order chi connectivity index (χ1) is 7.38. The third-order valence-electron chi connectivity index (χ3n) is 3.80. The van der Waals surface area contributed by atoms with Gasteiger partial charge in [-0.05, 0) is 6.42 Å². The van der Waals surface area contributed by atoms with Gasteiger partial charge < -0.3 is 14.2 Å². The van der Waals surface area contributed by atoms with Crippen molar-refractivity contribution in [2.24, 2.45) is 0 Å². The van der Waals surface area contributed by atoms with Gasteiger partial charge in [0.15, 0.2) is 5.79 Å². The molecule has 0 aromatic carbocycles. The van der Waals surface area contributed by atoms with Gasteiger partial charge in [0.05, 0.1) is 19.8 Å². The summed E-state index contributed by atoms with van der Waals surface area (Å²) in [5.74, 6) is -0.226. The van der Waals surface area contributed by atoms with Crippen LogP contribution in [0.2, 0.25) is 0 Å². The topological polar surface area (TPSA) is 30.9 Å². The Bertz CT molecular complexity index is 212. The van der Waals surface area contributed by atoms with E-state index in [4.69, 9.17) is 14.2 Å². The lowest BCUT2D eigenvalue weighted by Crippen LogP contribution is -2.49. The Hall–Kier alpha value is -0.160. The molecule has 1 spiro atoms. The van der Waals surface area contributed by atoms with Gasteiger partial charge in [-0.2, -0.15) is 0 Å². The fourth-order valence-corrected chi connectivity index (χ4v) is 2.83. The van der Waals surface area contributed by atoms with Crippen LogP contribution in [0, 0.1) is 0 Å². The van der Waals surface area contributed by atoms with Crippen LogP contribution in [0.1, 0.15) is 19.3 Å². The Morgan fingerprint density at radius 3 is 2.33 bits per heavy atom. The average Bonchev–Trinajstić information content (AvgIpc) is 2.91. The summed E-state index contributed by atoms with van der Waals surface area (Å²) in [6, 6.07) is 0.642. The Morgan fingerprint density at radius 1 is 1.00 bits per heavy atom. The highest BCUT2D eigenvalue weighted by atomic mass is 16.7. The molecule has 0 saturated carbocycles. The van der Waals surface area contributed by atoms with Crippen molar-refractivity contribution >= 4 is 0 Å². The van der Waals surface area contributed by atoms with Crippen molar-refractivity contribution < 1.29 is 14.2 Å². The lowest BCUT2D eigenvalue weighted by atomic mass is 10.0. The normalized spacial score (nSPS) is 36.4. The van der Waals surface area contributed by atoms with Crippen LogP contribution in [0.5, 0.6) is 0 Å². The van der Waals surface area contributed by atoms with E-state index in [1.165, 1.54) is 6.42 Å². The van der Waals surface area contributed by atoms with Crippen molar-refractivity contribution in [3.05, 3.63) is 0 Å². The summed E-state index contributed by atoms with van der Waals surface area (Å²) in [5, 5.41) is 0. The Morgan fingerprint density at radius 2 is 1.73 bits per heavy atom. The largest absolute Gasteiger partial charge is 0.380 e. The quantitative estimate of drug-likeness (QED) is 0.639. The maximum Gasteiger partial charge on any atom is 0.170 e. The summed E-state index contributed by atoms with van der Waals surface area (Å²) in [4.78, 5) is 2.53. The molecule has 1 unspecified atom stereocenters. The van der Waals surface area contributed by atoms with Crippen molar-refractivity contribution in [2.45, 2.75) is 31.1 Å². The van der Waals surface area contributed by atoms with E-state index in [1.807, 2.05) is 0 Å². The van der Waals surface area contributed by atoms with Crippen molar-refractivity contribution in [1.82, 2.24) is 4.90 Å². The molecule has 3 fully saturated rings. The van der Waals surface area contributed by atoms with Crippen molar-refractivity contribution in [1.29, 1.82) is 0 Å². The molecule has 0 aliphatic carbocycles. The second-order valence-electron chi connectivity index (χ2n) is 4.66. The average molecular weight is 213 g/mol. The lowest BCUT2D eigenvalue weighted by Gasteiger charge is -2.39. The molecule has 0 N–H and O–H groups in total. The zero-order valence-electron chi connectivity index (χ0n) is 9.11. The third-order valence-corrected chi connectivity index (χ3v) is 3.80. The number of piperidine rings is 1. The van der Waals surface area contributed by atoms with Crippen molar-refractivity contribution in [3.8, 4) is 0 Å². The fourth-order valence-electron chi connectivity index (χ4n) is 2.83. The van der Waals surface area contributed by atoms with Crippen LogP contribution in [0.4, 0.5) is 0 Å². The van der Waals surface area contributed by atoms with Gasteiger partial charge in [-0.3, -0.25) is 4.90 Å². The minimum absolute atomic E-state index is 0.226. The molecule has 86 valence electrons. The fraction of sp³-hybridized carbons (Fsp3) is 1.00. The molecule has 0 radical (unpaired) electrons. The molecule has 4 heteroatoms. The highest BCUT2D eigenvalue weighted by molar-refractivity contribution is 4.86. The third kappa shape index (κ3) is 1.91. The van der Waals surface area contributed by atoms with E-state index in [2.05, 4.69) is 4.90 Å². The molecule has 1 atom stereocenters. The predicted octanol–water partition coefficient (Wildman–Crippen LogP) is 0.614. The highest BCUT2D eigenvalue weighted by Crippen LogP contribution is 2.32. The zero-order valence-corrected chi connectivity index (χ0v) is 9.11. The maximum atomic E-state index is 5.71. The smallest absolute Gasteiger partial charge is 0.170 e. The summed E-state index contributed by atoms with van der Waals surface area (Å²) in [7, 11) is 0. The second kappa shape index (κ2) is 4.01. The molecule has 3 aliphatic heterocycles. The van der Waals surface area contributed by atoms with Gasteiger partial charge in [-0.25, -0.2) is 0 Å². The van der Waals surface area contributed by atoms with E-state index in [0.717, 1.165) is 52.4 Å². The van der Waals surface area contributed by atoms with Crippen LogP contribution in [0.25, 0.3) is 0 Å². The first-order valence-corrected chi connectivity index (χ1v) is 5.98. The van der Waals surface area contributed by atoms with E-state index >= 15 is 0 Å². The van der Waals surface area contributed by atoms with E-state index in [-0.39, 0.29) is 5.79 Å². The van der Waals surface area contributed by atoms with E-state index in [1.54, 1.807) is 0 Å². The lowest BCUT2D eigenvalue weighted by molar-refractivity contribution is -0.187. The molecule has 15 heavy (non-hydrogen) atoms. The number of hydrogen-bond donors (Lipinski definition) is 0. The summed E-state index contributed by atoms with van der Waals surface area (Å²) >= 11 is 0. The number of hydrogen-bond acceptors (Lipinski definition) is 4. The van der Waals surface area contributed by atoms with Gasteiger partial charge in [0.1, 0.15) is 0 Å². The SMILES string of the molecule is C1CC(N2CCC3(CC2)OCCO3)CO1. The number of rotatable bonds is 1. The van der Waals surface area contributed by atoms with E-state index < -0.39 is 0 Å². The Kier molecular flexibility index (Phi) is 2.68. The van der Waals surface area contributed by atoms with Gasteiger partial charge in [-0.15, -0.1) is 0 Å². The van der Waals surface area contributed by atoms with Crippen LogP contribution in [-0.4, -0.2) is 56.2 Å². The molecular weight excluding hydrogens is 194 g/mol. The molecule has 0 aromatic heterocycles. The Balaban J connectivity index is 1.55. The molecule has 3 heterocycles. The second-order valence-corrected chi connectivity index (χ2v) is 4.66. The molecular formula is C11H19NO3. The molecule has 0 aromatic rings. The molecule has 0 bridgehead atoms. The van der Waals surface area contributed by atoms with E-state index in [9.17, 15) is 0 Å². The number of likely N-dealkylation sites (tertiary alicyclic amines) is 1. The van der Waals surface area contributed by atoms with Gasteiger partial charge in [0.25, 0.3) is 0 Å². The zero-order chi connectivity index (χ0) is 10.1. The summed E-state index contributed by atoms with van der Waals surface area (Å²) < 4.78 is 16.8. The van der Waals surface area contributed by atoms with Gasteiger partial charge in [0, 0.05) is 38.6 Å². The Labute approximate surface area is 90.5 Å². The summed E-state index contributed by atoms with van der Waals surface area (Å²) in [5.41, 5.74) is 0. The standard InChI is InChI=1S/C11H19NO3/c1-6-13-9-10(1)12-4-2-11(3-5-12)14-7-8-15-11/h10H,1-9H2. The summed E-state index contributed by atoms with van der Waals surface area (Å²) in [6.45, 7) is 5.56. The first kappa shape index (κ1) is 10.0. The van der Waals surface area contributed by atoms with Crippen LogP contribution >= 0.6 is 0 Å². The minimum atomic E-state index is -0.226. The summed E-state index contributed by atoms with van der Waals surface area (Å²) in [6.07, 6.45) is 3.22. The van der Waals surface area contributed by atoms with Gasteiger partial charge >= 0.3 is 0 Å². The predicted molar refractivity (Wildman–Crippen MR) is 54.7 cm³/mol. The molecule has 4 nitrogen and oxygen atoms in total. The number of ether oxygens (including phenoxy) is 3.